The highest BCUT2D eigenvalue weighted by atomic mass is 16.8. The molecule has 1 aliphatic carbocycles. The second-order valence-electron chi connectivity index (χ2n) is 14.2. The molecule has 4 aliphatic heterocycles. The highest BCUT2D eigenvalue weighted by Crippen LogP contribution is 2.35. The summed E-state index contributed by atoms with van der Waals surface area (Å²) < 4.78 is 47.1. The summed E-state index contributed by atoms with van der Waals surface area (Å²) in [7, 11) is 0. The fourth-order valence-corrected chi connectivity index (χ4v) is 7.22. The lowest BCUT2D eigenvalue weighted by Crippen LogP contribution is -2.68. The van der Waals surface area contributed by atoms with E-state index in [4.69, 9.17) is 83.8 Å². The van der Waals surface area contributed by atoms with Gasteiger partial charge in [0, 0.05) is 31.7 Å². The van der Waals surface area contributed by atoms with E-state index in [2.05, 4.69) is 0 Å². The van der Waals surface area contributed by atoms with Crippen molar-refractivity contribution in [2.24, 2.45) is 45.9 Å². The minimum absolute atomic E-state index is 0.0336. The first kappa shape index (κ1) is 43.2. The van der Waals surface area contributed by atoms with E-state index < -0.39 is 154 Å². The quantitative estimate of drug-likeness (QED) is 0.0875. The molecule has 0 amide bonds. The maximum atomic E-state index is 11.6. The Morgan fingerprint density at radius 1 is 0.415 bits per heavy atom. The Kier molecular flexibility index (Phi) is 14.7. The average Bonchev–Trinajstić information content (AvgIpc) is 3.43. The van der Waals surface area contributed by atoms with Crippen molar-refractivity contribution in [2.45, 2.75) is 153 Å². The van der Waals surface area contributed by atoms with Crippen molar-refractivity contribution < 1.29 is 78.7 Å². The summed E-state index contributed by atoms with van der Waals surface area (Å²) in [6.07, 6.45) is -26.7. The largest absolute Gasteiger partial charge is 0.389 e. The molecule has 5 fully saturated rings. The second-order valence-corrected chi connectivity index (χ2v) is 14.2. The minimum Gasteiger partial charge on any atom is -0.389 e. The maximum absolute atomic E-state index is 11.6. The summed E-state index contributed by atoms with van der Waals surface area (Å²) in [6.45, 7) is -1.04. The molecule has 24 heteroatoms. The minimum atomic E-state index is -1.73. The predicted molar refractivity (Wildman–Crippen MR) is 175 cm³/mol. The molecule has 310 valence electrons. The first-order valence-corrected chi connectivity index (χ1v) is 17.6. The molecular formula is C29H58N8O16. The molecule has 5 aliphatic rings. The molecule has 0 spiro atoms. The molecule has 0 aromatic carbocycles. The van der Waals surface area contributed by atoms with Crippen LogP contribution in [0, 0.1) is 0 Å². The van der Waals surface area contributed by atoms with Crippen LogP contribution in [0.4, 0.5) is 0 Å². The molecule has 53 heavy (non-hydrogen) atoms. The van der Waals surface area contributed by atoms with Gasteiger partial charge in [-0.15, -0.1) is 0 Å². The van der Waals surface area contributed by atoms with E-state index in [0.717, 1.165) is 0 Å². The molecule has 0 aromatic heterocycles. The van der Waals surface area contributed by atoms with Gasteiger partial charge in [0.15, 0.2) is 25.2 Å². The third-order valence-electron chi connectivity index (χ3n) is 10.6. The van der Waals surface area contributed by atoms with E-state index in [9.17, 15) is 40.9 Å². The number of rotatable bonds is 12. The van der Waals surface area contributed by atoms with Crippen molar-refractivity contribution in [1.82, 2.24) is 0 Å². The highest BCUT2D eigenvalue weighted by molar-refractivity contribution is 5.02. The lowest BCUT2D eigenvalue weighted by Gasteiger charge is -2.47. The highest BCUT2D eigenvalue weighted by Gasteiger charge is 2.55. The molecular weight excluding hydrogens is 716 g/mol. The van der Waals surface area contributed by atoms with Crippen LogP contribution in [-0.4, -0.2) is 214 Å². The molecule has 24 atom stereocenters. The smallest absolute Gasteiger partial charge is 0.187 e. The lowest BCUT2D eigenvalue weighted by atomic mass is 9.84. The summed E-state index contributed by atoms with van der Waals surface area (Å²) >= 11 is 0. The molecule has 0 radical (unpaired) electrons. The fourth-order valence-electron chi connectivity index (χ4n) is 7.22. The van der Waals surface area contributed by atoms with Crippen molar-refractivity contribution in [1.29, 1.82) is 0 Å². The number of nitrogens with two attached hydrogens (primary N) is 8. The molecule has 24 nitrogen and oxygen atoms in total. The Morgan fingerprint density at radius 3 is 1.40 bits per heavy atom. The van der Waals surface area contributed by atoms with Gasteiger partial charge in [0.05, 0.1) is 36.9 Å². The normalized spacial score (nSPS) is 53.9. The molecule has 4 heterocycles. The van der Waals surface area contributed by atoms with Crippen molar-refractivity contribution in [3.05, 3.63) is 0 Å². The van der Waals surface area contributed by atoms with Gasteiger partial charge in [-0.3, -0.25) is 0 Å². The van der Waals surface area contributed by atoms with Gasteiger partial charge < -0.3 is 125 Å². The zero-order chi connectivity index (χ0) is 39.0. The number of hydrogen-bond donors (Lipinski definition) is 16. The summed E-state index contributed by atoms with van der Waals surface area (Å²) in [6, 6.07) is -5.51. The van der Waals surface area contributed by atoms with Gasteiger partial charge in [-0.05, 0) is 6.42 Å². The fraction of sp³-hybridized carbons (Fsp3) is 1.00. The van der Waals surface area contributed by atoms with Gasteiger partial charge in [0.25, 0.3) is 0 Å². The van der Waals surface area contributed by atoms with Gasteiger partial charge in [0.1, 0.15) is 79.4 Å². The summed E-state index contributed by atoms with van der Waals surface area (Å²) in [5.74, 6) is 0. The van der Waals surface area contributed by atoms with Crippen LogP contribution in [0.1, 0.15) is 6.42 Å². The molecule has 24 N–H and O–H groups in total. The average molecular weight is 775 g/mol. The second kappa shape index (κ2) is 18.1. The van der Waals surface area contributed by atoms with E-state index in [0.29, 0.717) is 0 Å². The Labute approximate surface area is 304 Å². The lowest BCUT2D eigenvalue weighted by molar-refractivity contribution is -0.308. The number of aliphatic hydroxyl groups is 8. The van der Waals surface area contributed by atoms with E-state index in [-0.39, 0.29) is 26.1 Å². The van der Waals surface area contributed by atoms with Crippen molar-refractivity contribution in [2.75, 3.05) is 26.2 Å². The van der Waals surface area contributed by atoms with E-state index >= 15 is 0 Å². The molecule has 5 rings (SSSR count). The van der Waals surface area contributed by atoms with Crippen LogP contribution >= 0.6 is 0 Å². The molecule has 0 unspecified atom stereocenters. The topological polar surface area (TPSA) is 444 Å². The van der Waals surface area contributed by atoms with Gasteiger partial charge >= 0.3 is 0 Å². The zero-order valence-corrected chi connectivity index (χ0v) is 28.9. The zero-order valence-electron chi connectivity index (χ0n) is 28.9. The standard InChI is InChI=1S/C29H58N8O16/c30-2-8-12(35)18(41)21(44)28(47-8)46-5-11-24(52-27-14(37)20(43)17(40)10(4-32)49-27)22(45)29(50-11)53-25-15(38)6(33)1-7(34)23(25)51-26-13(36)19(42)16(39)9(3-31)48-26/h6-29,38-45H,1-5,30-37H2/t6-,7+,8-,9-,10-,11-,12-,13-,14-,15+,16-,17-,18+,19-,20-,21-,22-,23-,24-,25-,26-,27-,28-,29+/m1/s1. The monoisotopic (exact) mass is 774 g/mol. The van der Waals surface area contributed by atoms with Gasteiger partial charge in [-0.1, -0.05) is 0 Å². The summed E-state index contributed by atoms with van der Waals surface area (Å²) in [5, 5.41) is 85.7. The Hall–Kier alpha value is -0.960. The molecule has 0 aromatic rings. The number of hydrogen-bond acceptors (Lipinski definition) is 24. The van der Waals surface area contributed by atoms with Crippen LogP contribution in [0.25, 0.3) is 0 Å². The van der Waals surface area contributed by atoms with E-state index in [1.807, 2.05) is 0 Å². The van der Waals surface area contributed by atoms with Crippen LogP contribution in [0.15, 0.2) is 0 Å². The number of ether oxygens (including phenoxy) is 8. The van der Waals surface area contributed by atoms with Gasteiger partial charge in [0.2, 0.25) is 0 Å². The van der Waals surface area contributed by atoms with Crippen molar-refractivity contribution >= 4 is 0 Å². The SMILES string of the molecule is NC[C@H]1O[C@@H](OC[C@H]2O[C@@H](O[C@@H]3[C@@H](O)[C@H](N)C[C@H](N)[C@H]3O[C@H]3O[C@H](CN)[C@@H](O)[C@H](O)[C@H]3N)[C@H](O)[C@@H]2O[C@H]2O[C@H](CN)[C@@H](O)[C@H](O)[C@H]2N)[C@H](O)[C@@H](O)[C@@H]1N. The maximum Gasteiger partial charge on any atom is 0.187 e. The Balaban J connectivity index is 1.37. The van der Waals surface area contributed by atoms with E-state index in [1.54, 1.807) is 0 Å². The summed E-state index contributed by atoms with van der Waals surface area (Å²) in [5.41, 5.74) is 47.9. The van der Waals surface area contributed by atoms with Crippen LogP contribution in [0.5, 0.6) is 0 Å². The Morgan fingerprint density at radius 2 is 0.868 bits per heavy atom. The van der Waals surface area contributed by atoms with Crippen LogP contribution in [0.3, 0.4) is 0 Å². The first-order valence-electron chi connectivity index (χ1n) is 17.6. The summed E-state index contributed by atoms with van der Waals surface area (Å²) in [4.78, 5) is 0. The predicted octanol–water partition coefficient (Wildman–Crippen LogP) is -11.1. The van der Waals surface area contributed by atoms with Gasteiger partial charge in [-0.25, -0.2) is 0 Å². The number of aliphatic hydroxyl groups excluding tert-OH is 8. The molecule has 0 bridgehead atoms. The van der Waals surface area contributed by atoms with Crippen LogP contribution in [-0.2, 0) is 37.9 Å². The van der Waals surface area contributed by atoms with Crippen molar-refractivity contribution in [3.8, 4) is 0 Å². The van der Waals surface area contributed by atoms with E-state index in [1.165, 1.54) is 0 Å². The molecule has 4 saturated heterocycles. The van der Waals surface area contributed by atoms with Crippen molar-refractivity contribution in [3.63, 3.8) is 0 Å². The Bertz CT molecular complexity index is 1160. The third-order valence-corrected chi connectivity index (χ3v) is 10.6. The van der Waals surface area contributed by atoms with Crippen LogP contribution < -0.4 is 45.9 Å². The van der Waals surface area contributed by atoms with Crippen LogP contribution in [0.2, 0.25) is 0 Å². The molecule has 1 saturated carbocycles. The third kappa shape index (κ3) is 8.81. The van der Waals surface area contributed by atoms with Gasteiger partial charge in [-0.2, -0.15) is 0 Å². The first-order chi connectivity index (χ1) is 25.0.